The number of benzene rings is 1. The number of hydrogen-bond donors (Lipinski definition) is 2. The highest BCUT2D eigenvalue weighted by molar-refractivity contribution is 8.29. The maximum atomic E-state index is 3.89. The molecule has 0 radical (unpaired) electrons. The quantitative estimate of drug-likeness (QED) is 0.328. The molecular formula is C25H41N3S. The van der Waals surface area contributed by atoms with E-state index in [0.717, 1.165) is 13.0 Å². The van der Waals surface area contributed by atoms with E-state index in [4.69, 9.17) is 0 Å². The maximum absolute atomic E-state index is 3.89. The summed E-state index contributed by atoms with van der Waals surface area (Å²) in [5, 5.41) is 2.14. The topological polar surface area (TPSA) is 27.3 Å². The van der Waals surface area contributed by atoms with Gasteiger partial charge in [0.05, 0.1) is 0 Å². The number of nitrogens with one attached hydrogen (secondary N) is 2. The van der Waals surface area contributed by atoms with Gasteiger partial charge in [0.25, 0.3) is 0 Å². The lowest BCUT2D eigenvalue weighted by molar-refractivity contribution is 0.313. The first kappa shape index (κ1) is 25.4. The minimum absolute atomic E-state index is 0.0193. The van der Waals surface area contributed by atoms with E-state index >= 15 is 0 Å². The molecule has 0 amide bonds. The summed E-state index contributed by atoms with van der Waals surface area (Å²) in [7, 11) is 0.834. The molecule has 162 valence electrons. The normalized spacial score (nSPS) is 14.4. The van der Waals surface area contributed by atoms with Crippen LogP contribution in [0, 0.1) is 0 Å². The van der Waals surface area contributed by atoms with E-state index in [1.54, 1.807) is 6.08 Å². The van der Waals surface area contributed by atoms with Gasteiger partial charge in [0.1, 0.15) is 0 Å². The van der Waals surface area contributed by atoms with E-state index in [1.807, 2.05) is 18.2 Å². The van der Waals surface area contributed by atoms with Crippen molar-refractivity contribution in [1.82, 2.24) is 14.6 Å². The van der Waals surface area contributed by atoms with Crippen LogP contribution >= 0.6 is 10.4 Å². The molecule has 4 heteroatoms. The SMILES string of the molecule is C=C/C=C\C(=C/C=C)CN(C)NS(C)(C)NC(C)(C)CC(C)(C)c1ccccc1. The highest BCUT2D eigenvalue weighted by Gasteiger charge is 2.33. The molecule has 0 aliphatic rings. The number of nitrogens with zero attached hydrogens (tertiary/aromatic N) is 1. The van der Waals surface area contributed by atoms with Crippen LogP contribution in [0.5, 0.6) is 0 Å². The molecule has 0 heterocycles. The van der Waals surface area contributed by atoms with Gasteiger partial charge in [-0.05, 0) is 49.3 Å². The Hall–Kier alpha value is -1.59. The Balaban J connectivity index is 2.78. The van der Waals surface area contributed by atoms with Crippen molar-refractivity contribution in [3.8, 4) is 0 Å². The number of likely N-dealkylation sites (N-methyl/N-ethyl adjacent to an activating group) is 1. The minimum atomic E-state index is -1.25. The number of rotatable bonds is 12. The molecule has 0 unspecified atom stereocenters. The van der Waals surface area contributed by atoms with Gasteiger partial charge in [-0.2, -0.15) is 0 Å². The second-order valence-electron chi connectivity index (χ2n) is 9.26. The van der Waals surface area contributed by atoms with Gasteiger partial charge in [-0.15, -0.1) is 10.4 Å². The summed E-state index contributed by atoms with van der Waals surface area (Å²) in [4.78, 5) is 3.67. The van der Waals surface area contributed by atoms with Crippen LogP contribution in [0.15, 0.2) is 79.4 Å². The van der Waals surface area contributed by atoms with Crippen LogP contribution in [0.25, 0.3) is 0 Å². The Labute approximate surface area is 181 Å². The van der Waals surface area contributed by atoms with Crippen LogP contribution in [-0.2, 0) is 5.41 Å². The Morgan fingerprint density at radius 3 is 2.24 bits per heavy atom. The fourth-order valence-corrected chi connectivity index (χ4v) is 6.39. The van der Waals surface area contributed by atoms with Crippen molar-refractivity contribution >= 4 is 10.4 Å². The Morgan fingerprint density at radius 1 is 1.07 bits per heavy atom. The van der Waals surface area contributed by atoms with E-state index < -0.39 is 10.4 Å². The third kappa shape index (κ3) is 9.64. The monoisotopic (exact) mass is 415 g/mol. The van der Waals surface area contributed by atoms with E-state index in [9.17, 15) is 0 Å². The molecule has 0 saturated carbocycles. The third-order valence-corrected chi connectivity index (χ3v) is 6.38. The van der Waals surface area contributed by atoms with Gasteiger partial charge in [-0.3, -0.25) is 4.72 Å². The lowest BCUT2D eigenvalue weighted by Gasteiger charge is -2.46. The summed E-state index contributed by atoms with van der Waals surface area (Å²) in [6, 6.07) is 10.8. The lowest BCUT2D eigenvalue weighted by Crippen LogP contribution is -2.51. The molecule has 0 spiro atoms. The summed E-state index contributed by atoms with van der Waals surface area (Å²) < 4.78 is 3.89. The molecule has 0 aromatic heterocycles. The zero-order valence-corrected chi connectivity index (χ0v) is 20.3. The van der Waals surface area contributed by atoms with Crippen LogP contribution in [0.2, 0.25) is 0 Å². The average molecular weight is 416 g/mol. The van der Waals surface area contributed by atoms with Crippen LogP contribution < -0.4 is 9.55 Å². The molecule has 2 N–H and O–H groups in total. The zero-order chi connectivity index (χ0) is 22.1. The molecule has 0 aliphatic carbocycles. The molecule has 0 bridgehead atoms. The minimum Gasteiger partial charge on any atom is -0.264 e. The first-order chi connectivity index (χ1) is 13.4. The zero-order valence-electron chi connectivity index (χ0n) is 19.5. The van der Waals surface area contributed by atoms with Crippen molar-refractivity contribution in [2.45, 2.75) is 45.1 Å². The number of allylic oxidation sites excluding steroid dienone is 4. The predicted molar refractivity (Wildman–Crippen MR) is 134 cm³/mol. The predicted octanol–water partition coefficient (Wildman–Crippen LogP) is 5.91. The Kier molecular flexibility index (Phi) is 9.63. The number of hydrazine groups is 1. The van der Waals surface area contributed by atoms with Gasteiger partial charge in [0.15, 0.2) is 0 Å². The van der Waals surface area contributed by atoms with Gasteiger partial charge in [0.2, 0.25) is 0 Å². The second kappa shape index (κ2) is 11.0. The highest BCUT2D eigenvalue weighted by Crippen LogP contribution is 2.39. The van der Waals surface area contributed by atoms with Gasteiger partial charge in [-0.25, -0.2) is 9.84 Å². The van der Waals surface area contributed by atoms with Gasteiger partial charge < -0.3 is 0 Å². The maximum Gasteiger partial charge on any atom is 0.0387 e. The molecule has 0 saturated heterocycles. The van der Waals surface area contributed by atoms with Crippen LogP contribution in [-0.4, -0.2) is 36.7 Å². The van der Waals surface area contributed by atoms with E-state index in [2.05, 4.69) is 111 Å². The largest absolute Gasteiger partial charge is 0.264 e. The Morgan fingerprint density at radius 2 is 1.69 bits per heavy atom. The molecule has 1 rings (SSSR count). The fourth-order valence-electron chi connectivity index (χ4n) is 4.05. The molecule has 0 atom stereocenters. The second-order valence-corrected chi connectivity index (χ2v) is 12.3. The van der Waals surface area contributed by atoms with Crippen molar-refractivity contribution < 1.29 is 0 Å². The summed E-state index contributed by atoms with van der Waals surface area (Å²) >= 11 is 0. The van der Waals surface area contributed by atoms with E-state index in [-0.39, 0.29) is 11.0 Å². The first-order valence-corrected chi connectivity index (χ1v) is 12.5. The van der Waals surface area contributed by atoms with Gasteiger partial charge >= 0.3 is 0 Å². The van der Waals surface area contributed by atoms with Crippen molar-refractivity contribution in [3.63, 3.8) is 0 Å². The van der Waals surface area contributed by atoms with Crippen molar-refractivity contribution in [3.05, 3.63) is 85.0 Å². The molecule has 1 aromatic rings. The number of hydrogen-bond acceptors (Lipinski definition) is 3. The smallest absolute Gasteiger partial charge is 0.0387 e. The molecule has 0 aliphatic heterocycles. The van der Waals surface area contributed by atoms with Crippen LogP contribution in [0.4, 0.5) is 0 Å². The third-order valence-electron chi connectivity index (χ3n) is 4.55. The van der Waals surface area contributed by atoms with E-state index in [1.165, 1.54) is 11.1 Å². The van der Waals surface area contributed by atoms with Crippen molar-refractivity contribution in [2.75, 3.05) is 26.1 Å². The van der Waals surface area contributed by atoms with E-state index in [0.29, 0.717) is 0 Å². The standard InChI is InChI=1S/C25H41N3S/c1-10-12-17-22(16-11-2)20-28(7)27-29(8,9)26-25(5,6)21-24(3,4)23-18-14-13-15-19-23/h10-19,26-27H,1-2,20-21H2,3-9H3/b17-12-,22-16+. The summed E-state index contributed by atoms with van der Waals surface area (Å²) in [6.07, 6.45) is 15.2. The summed E-state index contributed by atoms with van der Waals surface area (Å²) in [5.41, 5.74) is 2.62. The highest BCUT2D eigenvalue weighted by atomic mass is 32.3. The molecular weight excluding hydrogens is 374 g/mol. The average Bonchev–Trinajstić information content (AvgIpc) is 2.58. The summed E-state index contributed by atoms with van der Waals surface area (Å²) in [5.74, 6) is 0. The van der Waals surface area contributed by atoms with Crippen LogP contribution in [0.1, 0.15) is 39.7 Å². The first-order valence-electron chi connectivity index (χ1n) is 10.1. The molecule has 29 heavy (non-hydrogen) atoms. The van der Waals surface area contributed by atoms with Crippen molar-refractivity contribution in [2.24, 2.45) is 0 Å². The van der Waals surface area contributed by atoms with Gasteiger partial charge in [-0.1, -0.05) is 87.7 Å². The van der Waals surface area contributed by atoms with Crippen molar-refractivity contribution in [1.29, 1.82) is 0 Å². The molecule has 3 nitrogen and oxygen atoms in total. The molecule has 1 aromatic carbocycles. The Bertz CT molecular complexity index is 715. The molecule has 0 fully saturated rings. The summed E-state index contributed by atoms with van der Waals surface area (Å²) in [6.45, 7) is 17.6. The van der Waals surface area contributed by atoms with Crippen LogP contribution in [0.3, 0.4) is 0 Å². The lowest BCUT2D eigenvalue weighted by atomic mass is 9.75. The van der Waals surface area contributed by atoms with Gasteiger partial charge in [0, 0.05) is 19.1 Å². The fraction of sp³-hybridized carbons (Fsp3) is 0.440.